The molecular formula is C25H30AsI. The molecule has 3 aromatic rings. The molecule has 0 fully saturated rings. The maximum atomic E-state index is 2.37. The van der Waals surface area contributed by atoms with E-state index in [4.69, 9.17) is 0 Å². The molecule has 0 atom stereocenters. The summed E-state index contributed by atoms with van der Waals surface area (Å²) in [6.07, 6.45) is 6.71. The van der Waals surface area contributed by atoms with Crippen molar-refractivity contribution in [3.8, 4) is 0 Å². The monoisotopic (exact) mass is 532 g/mol. The van der Waals surface area contributed by atoms with Crippen LogP contribution in [-0.4, -0.2) is 13.6 Å². The average molecular weight is 532 g/mol. The maximum Gasteiger partial charge on any atom is -1.00 e. The Bertz CT molecular complexity index is 659. The summed E-state index contributed by atoms with van der Waals surface area (Å²) in [5.41, 5.74) is 0. The second kappa shape index (κ2) is 11.7. The van der Waals surface area contributed by atoms with Crippen molar-refractivity contribution in [3.63, 3.8) is 0 Å². The van der Waals surface area contributed by atoms with Crippen molar-refractivity contribution in [2.45, 2.75) is 44.2 Å². The Morgan fingerprint density at radius 2 is 0.889 bits per heavy atom. The molecule has 0 N–H and O–H groups in total. The molecule has 0 saturated carbocycles. The van der Waals surface area contributed by atoms with Crippen LogP contribution in [0.2, 0.25) is 5.21 Å². The number of halogens is 1. The third-order valence-electron chi connectivity index (χ3n) is 5.19. The molecule has 0 aliphatic rings. The predicted molar refractivity (Wildman–Crippen MR) is 118 cm³/mol. The fourth-order valence-electron chi connectivity index (χ4n) is 3.83. The zero-order valence-electron chi connectivity index (χ0n) is 16.2. The van der Waals surface area contributed by atoms with Crippen LogP contribution in [0, 0.1) is 0 Å². The Labute approximate surface area is 184 Å². The van der Waals surface area contributed by atoms with Gasteiger partial charge in [0, 0.05) is 0 Å². The van der Waals surface area contributed by atoms with E-state index in [1.807, 2.05) is 0 Å². The van der Waals surface area contributed by atoms with Gasteiger partial charge in [-0.3, -0.25) is 0 Å². The van der Waals surface area contributed by atoms with Crippen molar-refractivity contribution in [2.24, 2.45) is 0 Å². The number of unbranched alkanes of at least 4 members (excludes halogenated alkanes) is 4. The van der Waals surface area contributed by atoms with Crippen LogP contribution in [0.5, 0.6) is 0 Å². The molecule has 0 saturated heterocycles. The van der Waals surface area contributed by atoms with Gasteiger partial charge in [-0.15, -0.1) is 0 Å². The number of hydrogen-bond donors (Lipinski definition) is 0. The first-order valence-corrected chi connectivity index (χ1v) is 14.1. The number of hydrogen-bond acceptors (Lipinski definition) is 0. The van der Waals surface area contributed by atoms with E-state index < -0.39 is 13.6 Å². The van der Waals surface area contributed by atoms with Crippen LogP contribution in [0.3, 0.4) is 0 Å². The molecule has 0 aliphatic carbocycles. The Hall–Kier alpha value is -1.05. The second-order valence-corrected chi connectivity index (χ2v) is 14.5. The van der Waals surface area contributed by atoms with E-state index in [1.165, 1.54) is 37.3 Å². The molecule has 0 heterocycles. The van der Waals surface area contributed by atoms with E-state index >= 15 is 0 Å². The molecular weight excluding hydrogens is 502 g/mol. The Morgan fingerprint density at radius 1 is 0.519 bits per heavy atom. The fraction of sp³-hybridized carbons (Fsp3) is 0.280. The van der Waals surface area contributed by atoms with E-state index in [0.29, 0.717) is 0 Å². The summed E-state index contributed by atoms with van der Waals surface area (Å²) in [6.45, 7) is 2.29. The largest absolute Gasteiger partial charge is 1.00 e. The van der Waals surface area contributed by atoms with Crippen molar-refractivity contribution < 1.29 is 24.0 Å². The van der Waals surface area contributed by atoms with Gasteiger partial charge in [0.1, 0.15) is 0 Å². The molecule has 0 bridgehead atoms. The van der Waals surface area contributed by atoms with Crippen LogP contribution in [-0.2, 0) is 0 Å². The van der Waals surface area contributed by atoms with Crippen molar-refractivity contribution in [2.75, 3.05) is 0 Å². The van der Waals surface area contributed by atoms with Gasteiger partial charge in [0.25, 0.3) is 0 Å². The first kappa shape index (κ1) is 22.2. The third kappa shape index (κ3) is 5.48. The van der Waals surface area contributed by atoms with Crippen LogP contribution in [0.25, 0.3) is 0 Å². The minimum Gasteiger partial charge on any atom is -1.00 e. The molecule has 0 nitrogen and oxygen atoms in total. The molecule has 0 aliphatic heterocycles. The fourth-order valence-corrected chi connectivity index (χ4v) is 13.1. The van der Waals surface area contributed by atoms with E-state index in [0.717, 1.165) is 0 Å². The van der Waals surface area contributed by atoms with Gasteiger partial charge in [-0.05, 0) is 0 Å². The maximum absolute atomic E-state index is 2.44. The Kier molecular flexibility index (Phi) is 9.65. The first-order valence-electron chi connectivity index (χ1n) is 9.93. The SMILES string of the molecule is CCCCCCC[As+](c1ccccc1)(c1ccccc1)c1ccccc1.[I-]. The Balaban J connectivity index is 0.00000261. The number of rotatable bonds is 9. The van der Waals surface area contributed by atoms with Crippen LogP contribution >= 0.6 is 0 Å². The average Bonchev–Trinajstić information content (AvgIpc) is 2.73. The molecule has 0 unspecified atom stereocenters. The predicted octanol–water partition coefficient (Wildman–Crippen LogP) is 2.13. The number of benzene rings is 3. The third-order valence-corrected chi connectivity index (χ3v) is 14.7. The molecule has 27 heavy (non-hydrogen) atoms. The normalized spacial score (nSPS) is 11.0. The molecule has 0 amide bonds. The van der Waals surface area contributed by atoms with Gasteiger partial charge in [0.15, 0.2) is 0 Å². The van der Waals surface area contributed by atoms with Crippen LogP contribution in [0.4, 0.5) is 0 Å². The summed E-state index contributed by atoms with van der Waals surface area (Å²) in [4.78, 5) is 0. The standard InChI is InChI=1S/C25H30As.HI/c1-2-3-4-5-15-22-26(23-16-9-6-10-17-23,24-18-11-7-12-19-24)25-20-13-8-14-21-25;/h6-14,16-21H,2-5,15,22H2,1H3;1H/q+1;/p-1. The topological polar surface area (TPSA) is 0 Å². The van der Waals surface area contributed by atoms with Gasteiger partial charge in [0.2, 0.25) is 0 Å². The minimum atomic E-state index is -2.44. The van der Waals surface area contributed by atoms with Crippen molar-refractivity contribution in [1.82, 2.24) is 0 Å². The quantitative estimate of drug-likeness (QED) is 0.225. The summed E-state index contributed by atoms with van der Waals surface area (Å²) >= 11 is -2.44. The van der Waals surface area contributed by atoms with E-state index in [2.05, 4.69) is 97.9 Å². The summed E-state index contributed by atoms with van der Waals surface area (Å²) in [7, 11) is 0. The zero-order valence-corrected chi connectivity index (χ0v) is 20.3. The smallest absolute Gasteiger partial charge is 1.00 e. The molecule has 142 valence electrons. The van der Waals surface area contributed by atoms with Gasteiger partial charge < -0.3 is 24.0 Å². The summed E-state index contributed by atoms with van der Waals surface area (Å²) < 4.78 is 4.70. The zero-order chi connectivity index (χ0) is 18.1. The van der Waals surface area contributed by atoms with Gasteiger partial charge >= 0.3 is 162 Å². The van der Waals surface area contributed by atoms with Crippen LogP contribution < -0.4 is 37.0 Å². The molecule has 0 aromatic heterocycles. The van der Waals surface area contributed by atoms with E-state index in [-0.39, 0.29) is 24.0 Å². The summed E-state index contributed by atoms with van der Waals surface area (Å²) in [5, 5.41) is 1.32. The Morgan fingerprint density at radius 3 is 1.26 bits per heavy atom. The van der Waals surface area contributed by atoms with Gasteiger partial charge in [-0.2, -0.15) is 0 Å². The molecule has 0 radical (unpaired) electrons. The van der Waals surface area contributed by atoms with Crippen molar-refractivity contribution in [1.29, 1.82) is 0 Å². The molecule has 0 spiro atoms. The van der Waals surface area contributed by atoms with Crippen molar-refractivity contribution in [3.05, 3.63) is 91.0 Å². The van der Waals surface area contributed by atoms with Gasteiger partial charge in [-0.25, -0.2) is 0 Å². The molecule has 2 heteroatoms. The molecule has 3 rings (SSSR count). The van der Waals surface area contributed by atoms with Crippen LogP contribution in [0.15, 0.2) is 91.0 Å². The minimum absolute atomic E-state index is 0. The van der Waals surface area contributed by atoms with E-state index in [9.17, 15) is 0 Å². The van der Waals surface area contributed by atoms with Gasteiger partial charge in [0.05, 0.1) is 0 Å². The molecule has 3 aromatic carbocycles. The first-order chi connectivity index (χ1) is 12.9. The second-order valence-electron chi connectivity index (χ2n) is 6.95. The van der Waals surface area contributed by atoms with E-state index in [1.54, 1.807) is 13.1 Å². The summed E-state index contributed by atoms with van der Waals surface area (Å²) in [6, 6.07) is 34.0. The van der Waals surface area contributed by atoms with Crippen molar-refractivity contribution >= 4 is 26.6 Å². The van der Waals surface area contributed by atoms with Crippen LogP contribution in [0.1, 0.15) is 39.0 Å². The van der Waals surface area contributed by atoms with Gasteiger partial charge in [-0.1, -0.05) is 0 Å². The summed E-state index contributed by atoms with van der Waals surface area (Å²) in [5.74, 6) is 0.